The summed E-state index contributed by atoms with van der Waals surface area (Å²) in [7, 11) is 0. The van der Waals surface area contributed by atoms with Gasteiger partial charge in [-0.15, -0.1) is 12.4 Å². The van der Waals surface area contributed by atoms with E-state index in [0.717, 1.165) is 60.9 Å². The number of hydrogen-bond acceptors (Lipinski definition) is 6. The molecule has 1 fully saturated rings. The maximum Gasteiger partial charge on any atom is 0.263 e. The number of nitrogens with zero attached hydrogens (tertiary/aromatic N) is 5. The summed E-state index contributed by atoms with van der Waals surface area (Å²) in [6.45, 7) is 6.76. The van der Waals surface area contributed by atoms with Crippen LogP contribution in [-0.4, -0.2) is 65.0 Å². The second-order valence-electron chi connectivity index (χ2n) is 8.24. The fraction of sp³-hybridized carbons (Fsp3) is 0.320. The van der Waals surface area contributed by atoms with Gasteiger partial charge in [0, 0.05) is 26.2 Å². The summed E-state index contributed by atoms with van der Waals surface area (Å²) < 4.78 is 8.22. The van der Waals surface area contributed by atoms with Gasteiger partial charge in [0.25, 0.3) is 5.91 Å². The van der Waals surface area contributed by atoms with Crippen LogP contribution in [0.4, 0.5) is 5.13 Å². The summed E-state index contributed by atoms with van der Waals surface area (Å²) in [5.74, 6) is -0.100. The zero-order valence-electron chi connectivity index (χ0n) is 19.4. The molecule has 0 radical (unpaired) electrons. The molecule has 184 valence electrons. The number of amides is 1. The molecule has 0 atom stereocenters. The van der Waals surface area contributed by atoms with E-state index in [9.17, 15) is 4.79 Å². The Hall–Kier alpha value is -2.49. The maximum atomic E-state index is 13.8. The summed E-state index contributed by atoms with van der Waals surface area (Å²) in [4.78, 5) is 22.7. The lowest BCUT2D eigenvalue weighted by Crippen LogP contribution is -2.39. The molecule has 0 spiro atoms. The summed E-state index contributed by atoms with van der Waals surface area (Å²) in [6, 6.07) is 15.5. The van der Waals surface area contributed by atoms with Crippen LogP contribution in [-0.2, 0) is 4.74 Å². The van der Waals surface area contributed by atoms with Crippen molar-refractivity contribution in [1.82, 2.24) is 19.7 Å². The smallest absolute Gasteiger partial charge is 0.263 e. The van der Waals surface area contributed by atoms with E-state index in [1.165, 1.54) is 11.3 Å². The van der Waals surface area contributed by atoms with Gasteiger partial charge in [0.05, 0.1) is 46.1 Å². The molecule has 4 aromatic rings. The SMILES string of the molecule is Cc1c(C(=O)N(CCCN2CCOCC2)c2nc3c(Cl)cccc3s2)cnn1-c1ccccc1.Cl. The van der Waals surface area contributed by atoms with Gasteiger partial charge in [-0.3, -0.25) is 14.6 Å². The number of hydrogen-bond donors (Lipinski definition) is 0. The van der Waals surface area contributed by atoms with E-state index in [1.54, 1.807) is 15.8 Å². The monoisotopic (exact) mass is 531 g/mol. The first-order chi connectivity index (χ1) is 16.6. The fourth-order valence-corrected chi connectivity index (χ4v) is 5.46. The molecule has 0 unspecified atom stereocenters. The van der Waals surface area contributed by atoms with E-state index in [4.69, 9.17) is 21.3 Å². The molecule has 1 aliphatic rings. The predicted molar refractivity (Wildman–Crippen MR) is 144 cm³/mol. The number of benzene rings is 2. The van der Waals surface area contributed by atoms with Gasteiger partial charge < -0.3 is 4.74 Å². The number of rotatable bonds is 7. The Bertz CT molecular complexity index is 1290. The van der Waals surface area contributed by atoms with E-state index in [-0.39, 0.29) is 18.3 Å². The molecule has 35 heavy (non-hydrogen) atoms. The van der Waals surface area contributed by atoms with Crippen molar-refractivity contribution in [1.29, 1.82) is 0 Å². The van der Waals surface area contributed by atoms with E-state index in [2.05, 4.69) is 10.00 Å². The molecule has 0 aliphatic carbocycles. The quantitative estimate of drug-likeness (QED) is 0.326. The maximum absolute atomic E-state index is 13.8. The molecule has 0 N–H and O–H groups in total. The first-order valence-corrected chi connectivity index (χ1v) is 12.6. The number of aromatic nitrogens is 3. The highest BCUT2D eigenvalue weighted by Crippen LogP contribution is 2.34. The summed E-state index contributed by atoms with van der Waals surface area (Å²) in [5, 5.41) is 5.75. The Morgan fingerprint density at radius 3 is 2.66 bits per heavy atom. The number of para-hydroxylation sites is 2. The van der Waals surface area contributed by atoms with Crippen LogP contribution in [0.3, 0.4) is 0 Å². The van der Waals surface area contributed by atoms with Gasteiger partial charge in [-0.05, 0) is 37.6 Å². The average molecular weight is 532 g/mol. The molecule has 1 saturated heterocycles. The molecular formula is C25H27Cl2N5O2S. The third kappa shape index (κ3) is 5.52. The van der Waals surface area contributed by atoms with Gasteiger partial charge in [0.2, 0.25) is 0 Å². The average Bonchev–Trinajstić information content (AvgIpc) is 3.47. The lowest BCUT2D eigenvalue weighted by molar-refractivity contribution is 0.0376. The highest BCUT2D eigenvalue weighted by molar-refractivity contribution is 7.22. The van der Waals surface area contributed by atoms with E-state index in [0.29, 0.717) is 22.3 Å². The molecule has 0 saturated carbocycles. The van der Waals surface area contributed by atoms with Crippen molar-refractivity contribution in [2.45, 2.75) is 13.3 Å². The third-order valence-corrected chi connectivity index (χ3v) is 7.38. The molecule has 0 bridgehead atoms. The van der Waals surface area contributed by atoms with Crippen LogP contribution >= 0.6 is 35.3 Å². The van der Waals surface area contributed by atoms with E-state index in [1.807, 2.05) is 55.5 Å². The molecule has 7 nitrogen and oxygen atoms in total. The van der Waals surface area contributed by atoms with Gasteiger partial charge in [-0.1, -0.05) is 47.2 Å². The Morgan fingerprint density at radius 2 is 1.91 bits per heavy atom. The molecule has 2 aromatic carbocycles. The standard InChI is InChI=1S/C25H26ClN5O2S.ClH/c1-18-20(17-27-31(18)19-7-3-2-4-8-19)24(32)30(12-6-11-29-13-15-33-16-14-29)25-28-23-21(26)9-5-10-22(23)34-25;/h2-5,7-10,17H,6,11-16H2,1H3;1H. The highest BCUT2D eigenvalue weighted by Gasteiger charge is 2.25. The molecule has 2 aromatic heterocycles. The molecular weight excluding hydrogens is 505 g/mol. The van der Waals surface area contributed by atoms with Crippen molar-refractivity contribution in [2.24, 2.45) is 0 Å². The van der Waals surface area contributed by atoms with Crippen LogP contribution in [0.2, 0.25) is 5.02 Å². The zero-order chi connectivity index (χ0) is 23.5. The van der Waals surface area contributed by atoms with Crippen molar-refractivity contribution in [3.05, 3.63) is 71.0 Å². The van der Waals surface area contributed by atoms with Crippen LogP contribution in [0.1, 0.15) is 22.5 Å². The fourth-order valence-electron chi connectivity index (χ4n) is 4.17. The lowest BCUT2D eigenvalue weighted by Gasteiger charge is -2.27. The Morgan fingerprint density at radius 1 is 1.14 bits per heavy atom. The van der Waals surface area contributed by atoms with Gasteiger partial charge in [-0.25, -0.2) is 9.67 Å². The largest absolute Gasteiger partial charge is 0.379 e. The number of fused-ring (bicyclic) bond motifs is 1. The van der Waals surface area contributed by atoms with Crippen LogP contribution in [0.15, 0.2) is 54.7 Å². The number of halogens is 2. The van der Waals surface area contributed by atoms with E-state index < -0.39 is 0 Å². The Kier molecular flexibility index (Phi) is 8.41. The van der Waals surface area contributed by atoms with Crippen LogP contribution in [0.25, 0.3) is 15.9 Å². The first-order valence-electron chi connectivity index (χ1n) is 11.4. The van der Waals surface area contributed by atoms with Gasteiger partial charge >= 0.3 is 0 Å². The van der Waals surface area contributed by atoms with Gasteiger partial charge in [0.15, 0.2) is 5.13 Å². The van der Waals surface area contributed by atoms with Gasteiger partial charge in [0.1, 0.15) is 5.52 Å². The third-order valence-electron chi connectivity index (χ3n) is 6.04. The van der Waals surface area contributed by atoms with Crippen LogP contribution in [0.5, 0.6) is 0 Å². The number of anilines is 1. The number of ether oxygens (including phenoxy) is 1. The molecule has 1 aliphatic heterocycles. The minimum absolute atomic E-state index is 0. The van der Waals surface area contributed by atoms with Crippen LogP contribution in [0, 0.1) is 6.92 Å². The zero-order valence-corrected chi connectivity index (χ0v) is 21.8. The van der Waals surface area contributed by atoms with Gasteiger partial charge in [-0.2, -0.15) is 5.10 Å². The number of morpholine rings is 1. The first kappa shape index (κ1) is 25.6. The van der Waals surface area contributed by atoms with Crippen molar-refractivity contribution < 1.29 is 9.53 Å². The highest BCUT2D eigenvalue weighted by atomic mass is 35.5. The molecule has 10 heteroatoms. The molecule has 3 heterocycles. The minimum Gasteiger partial charge on any atom is -0.379 e. The Labute approximate surface area is 219 Å². The van der Waals surface area contributed by atoms with Crippen LogP contribution < -0.4 is 4.90 Å². The second-order valence-corrected chi connectivity index (χ2v) is 9.65. The van der Waals surface area contributed by atoms with Crippen molar-refractivity contribution in [3.8, 4) is 5.69 Å². The normalized spacial score (nSPS) is 14.1. The van der Waals surface area contributed by atoms with Crippen molar-refractivity contribution >= 4 is 56.6 Å². The minimum atomic E-state index is -0.100. The van der Waals surface area contributed by atoms with E-state index >= 15 is 0 Å². The van der Waals surface area contributed by atoms with Crippen molar-refractivity contribution in [3.63, 3.8) is 0 Å². The number of carbonyl (C=O) groups is 1. The lowest BCUT2D eigenvalue weighted by atomic mass is 10.2. The summed E-state index contributed by atoms with van der Waals surface area (Å²) >= 11 is 7.87. The Balaban J connectivity index is 0.00000289. The molecule has 5 rings (SSSR count). The number of carbonyl (C=O) groups excluding carboxylic acids is 1. The summed E-state index contributed by atoms with van der Waals surface area (Å²) in [6.07, 6.45) is 2.49. The molecule has 1 amide bonds. The van der Waals surface area contributed by atoms with Crippen molar-refractivity contribution in [2.75, 3.05) is 44.3 Å². The summed E-state index contributed by atoms with van der Waals surface area (Å²) in [5.41, 5.74) is 3.02. The number of thiazole rings is 1. The second kappa shape index (κ2) is 11.5. The topological polar surface area (TPSA) is 63.5 Å². The predicted octanol–water partition coefficient (Wildman–Crippen LogP) is 5.23.